The molecule has 136 valence electrons. The highest BCUT2D eigenvalue weighted by Gasteiger charge is 2.48. The van der Waals surface area contributed by atoms with E-state index in [9.17, 15) is 18.3 Å². The van der Waals surface area contributed by atoms with Crippen LogP contribution in [0, 0.1) is 5.41 Å². The maximum atomic E-state index is 13.1. The van der Waals surface area contributed by atoms with Crippen molar-refractivity contribution in [2.24, 2.45) is 5.41 Å². The minimum atomic E-state index is -4.33. The molecule has 0 atom stereocenters. The summed E-state index contributed by atoms with van der Waals surface area (Å²) in [7, 11) is 0. The molecule has 0 saturated heterocycles. The summed E-state index contributed by atoms with van der Waals surface area (Å²) in [6.45, 7) is 11.5. The molecular weight excluding hydrogens is 317 g/mol. The van der Waals surface area contributed by atoms with Crippen LogP contribution in [0.15, 0.2) is 30.5 Å². The smallest absolute Gasteiger partial charge is 0.376 e. The lowest BCUT2D eigenvalue weighted by molar-refractivity contribution is -0.198. The number of anilines is 1. The summed E-state index contributed by atoms with van der Waals surface area (Å²) in [5.74, 6) is 0.588. The molecule has 1 rings (SSSR count). The molecule has 0 saturated carbocycles. The van der Waals surface area contributed by atoms with Crippen LogP contribution < -0.4 is 4.90 Å². The number of aliphatic hydroxyl groups is 1. The Morgan fingerprint density at radius 3 is 2.25 bits per heavy atom. The van der Waals surface area contributed by atoms with Gasteiger partial charge >= 0.3 is 6.18 Å². The van der Waals surface area contributed by atoms with E-state index < -0.39 is 11.6 Å². The highest BCUT2D eigenvalue weighted by molar-refractivity contribution is 5.48. The number of allylic oxidation sites excluding steroid dienone is 1. The van der Waals surface area contributed by atoms with E-state index in [0.717, 1.165) is 19.4 Å². The Balaban J connectivity index is 3.01. The van der Waals surface area contributed by atoms with Gasteiger partial charge in [-0.1, -0.05) is 18.2 Å². The second-order valence-corrected chi connectivity index (χ2v) is 7.45. The zero-order chi connectivity index (χ0) is 18.8. The number of aliphatic hydroxyl groups excluding tert-OH is 1. The number of pyridine rings is 1. The summed E-state index contributed by atoms with van der Waals surface area (Å²) >= 11 is 0. The van der Waals surface area contributed by atoms with E-state index >= 15 is 0 Å². The normalized spacial score (nSPS) is 13.0. The summed E-state index contributed by atoms with van der Waals surface area (Å²) in [6.07, 6.45) is -2.13. The van der Waals surface area contributed by atoms with Crippen LogP contribution in [0.1, 0.15) is 46.6 Å². The number of alkyl halides is 3. The van der Waals surface area contributed by atoms with Crippen LogP contribution in [0.5, 0.6) is 0 Å². The molecule has 0 bridgehead atoms. The van der Waals surface area contributed by atoms with Crippen molar-refractivity contribution in [3.05, 3.63) is 36.0 Å². The van der Waals surface area contributed by atoms with E-state index in [1.807, 2.05) is 26.8 Å². The molecule has 0 spiro atoms. The molecule has 6 heteroatoms. The lowest BCUT2D eigenvalue weighted by atomic mass is 9.81. The van der Waals surface area contributed by atoms with Crippen molar-refractivity contribution in [2.45, 2.75) is 59.2 Å². The number of nitrogens with zero attached hydrogens (tertiary/aromatic N) is 2. The number of halogens is 3. The lowest BCUT2D eigenvalue weighted by Crippen LogP contribution is -2.43. The van der Waals surface area contributed by atoms with Gasteiger partial charge < -0.3 is 10.0 Å². The van der Waals surface area contributed by atoms with E-state index in [0.29, 0.717) is 12.2 Å². The van der Waals surface area contributed by atoms with Crippen molar-refractivity contribution < 1.29 is 18.3 Å². The maximum Gasteiger partial charge on any atom is 0.397 e. The molecule has 3 nitrogen and oxygen atoms in total. The van der Waals surface area contributed by atoms with Crippen molar-refractivity contribution in [1.29, 1.82) is 0 Å². The first-order valence-electron chi connectivity index (χ1n) is 7.89. The van der Waals surface area contributed by atoms with Crippen LogP contribution in [0.25, 0.3) is 0 Å². The van der Waals surface area contributed by atoms with E-state index in [-0.39, 0.29) is 24.3 Å². The van der Waals surface area contributed by atoms with Crippen LogP contribution >= 0.6 is 0 Å². The number of aryl methyl sites for hydroxylation is 1. The van der Waals surface area contributed by atoms with Gasteiger partial charge in [0.05, 0.1) is 5.41 Å². The molecule has 1 aromatic rings. The van der Waals surface area contributed by atoms with E-state index in [1.165, 1.54) is 0 Å². The van der Waals surface area contributed by atoms with Gasteiger partial charge in [-0.05, 0) is 59.1 Å². The molecule has 24 heavy (non-hydrogen) atoms. The van der Waals surface area contributed by atoms with Crippen molar-refractivity contribution in [2.75, 3.05) is 11.6 Å². The van der Waals surface area contributed by atoms with Gasteiger partial charge in [0.25, 0.3) is 0 Å². The first-order valence-corrected chi connectivity index (χ1v) is 7.89. The molecule has 0 aliphatic carbocycles. The van der Waals surface area contributed by atoms with Gasteiger partial charge in [0.15, 0.2) is 0 Å². The van der Waals surface area contributed by atoms with Gasteiger partial charge in [0.2, 0.25) is 0 Å². The monoisotopic (exact) mass is 344 g/mol. The largest absolute Gasteiger partial charge is 0.397 e. The Hall–Kier alpha value is -1.56. The Bertz CT molecular complexity index is 574. The number of rotatable bonds is 6. The maximum absolute atomic E-state index is 13.1. The highest BCUT2D eigenvalue weighted by atomic mass is 19.4. The van der Waals surface area contributed by atoms with Crippen LogP contribution in [0.2, 0.25) is 0 Å². The van der Waals surface area contributed by atoms with Crippen molar-refractivity contribution >= 4 is 5.82 Å². The van der Waals surface area contributed by atoms with Crippen molar-refractivity contribution in [1.82, 2.24) is 4.98 Å². The standard InChI is InChI=1S/C18H27F3N2O/c1-13(17(5,6)18(19,20)21)9-10-14-8-7-11-22-15(14)23(12-24)16(2,3)4/h7-8,11,24H,1,9-10,12H2,2-6H3. The Morgan fingerprint density at radius 1 is 1.21 bits per heavy atom. The van der Waals surface area contributed by atoms with Crippen LogP contribution in [0.4, 0.5) is 19.0 Å². The van der Waals surface area contributed by atoms with Gasteiger partial charge in [-0.2, -0.15) is 13.2 Å². The fourth-order valence-electron chi connectivity index (χ4n) is 2.26. The molecule has 0 aliphatic rings. The van der Waals surface area contributed by atoms with Gasteiger partial charge in [-0.25, -0.2) is 4.98 Å². The molecule has 0 unspecified atom stereocenters. The molecule has 0 fully saturated rings. The zero-order valence-electron chi connectivity index (χ0n) is 15.0. The minimum absolute atomic E-state index is 0.135. The predicted octanol–water partition coefficient (Wildman–Crippen LogP) is 4.71. The van der Waals surface area contributed by atoms with Crippen LogP contribution in [-0.2, 0) is 6.42 Å². The van der Waals surface area contributed by atoms with Gasteiger partial charge in [-0.15, -0.1) is 0 Å². The van der Waals surface area contributed by atoms with Crippen molar-refractivity contribution in [3.8, 4) is 0 Å². The number of hydrogen-bond donors (Lipinski definition) is 1. The van der Waals surface area contributed by atoms with E-state index in [4.69, 9.17) is 0 Å². The van der Waals surface area contributed by atoms with Crippen LogP contribution in [-0.4, -0.2) is 28.5 Å². The van der Waals surface area contributed by atoms with Crippen molar-refractivity contribution in [3.63, 3.8) is 0 Å². The number of hydrogen-bond acceptors (Lipinski definition) is 3. The fourth-order valence-corrected chi connectivity index (χ4v) is 2.26. The first kappa shape index (κ1) is 20.5. The Kier molecular flexibility index (Phi) is 6.09. The SMILES string of the molecule is C=C(CCc1cccnc1N(CO)C(C)(C)C)C(C)(C)C(F)(F)F. The third-order valence-electron chi connectivity index (χ3n) is 4.36. The molecule has 0 radical (unpaired) electrons. The zero-order valence-corrected chi connectivity index (χ0v) is 15.0. The van der Waals surface area contributed by atoms with Gasteiger partial charge in [0.1, 0.15) is 12.5 Å². The Labute approximate surface area is 142 Å². The molecule has 1 heterocycles. The summed E-state index contributed by atoms with van der Waals surface area (Å²) in [5.41, 5.74) is -1.37. The second kappa shape index (κ2) is 7.13. The fraction of sp³-hybridized carbons (Fsp3) is 0.611. The van der Waals surface area contributed by atoms with E-state index in [1.54, 1.807) is 17.2 Å². The third-order valence-corrected chi connectivity index (χ3v) is 4.36. The molecule has 0 aromatic carbocycles. The van der Waals surface area contributed by atoms with Gasteiger partial charge in [0, 0.05) is 11.7 Å². The van der Waals surface area contributed by atoms with Gasteiger partial charge in [-0.3, -0.25) is 0 Å². The van der Waals surface area contributed by atoms with E-state index in [2.05, 4.69) is 11.6 Å². The average Bonchev–Trinajstić information content (AvgIpc) is 2.43. The molecule has 0 amide bonds. The molecule has 0 aliphatic heterocycles. The molecule has 1 N–H and O–H groups in total. The quantitative estimate of drug-likeness (QED) is 0.599. The Morgan fingerprint density at radius 2 is 1.79 bits per heavy atom. The second-order valence-electron chi connectivity index (χ2n) is 7.45. The highest BCUT2D eigenvalue weighted by Crippen LogP contribution is 2.44. The van der Waals surface area contributed by atoms with Crippen LogP contribution in [0.3, 0.4) is 0 Å². The predicted molar refractivity (Wildman–Crippen MR) is 90.9 cm³/mol. The first-order chi connectivity index (χ1) is 10.8. The third kappa shape index (κ3) is 4.50. The summed E-state index contributed by atoms with van der Waals surface area (Å²) in [5, 5.41) is 9.67. The average molecular weight is 344 g/mol. The summed E-state index contributed by atoms with van der Waals surface area (Å²) < 4.78 is 39.3. The summed E-state index contributed by atoms with van der Waals surface area (Å²) in [6, 6.07) is 3.57. The topological polar surface area (TPSA) is 36.4 Å². The minimum Gasteiger partial charge on any atom is -0.376 e. The molecule has 1 aromatic heterocycles. The lowest BCUT2D eigenvalue weighted by Gasteiger charge is -2.36. The number of aromatic nitrogens is 1. The molecular formula is C18H27F3N2O. The summed E-state index contributed by atoms with van der Waals surface area (Å²) in [4.78, 5) is 6.04.